The van der Waals surface area contributed by atoms with Crippen molar-refractivity contribution in [2.45, 2.75) is 44.9 Å². The van der Waals surface area contributed by atoms with Crippen LogP contribution in [0.5, 0.6) is 0 Å². The summed E-state index contributed by atoms with van der Waals surface area (Å²) in [5, 5.41) is 7.66. The van der Waals surface area contributed by atoms with Gasteiger partial charge < -0.3 is 9.84 Å². The Kier molecular flexibility index (Phi) is 4.06. The summed E-state index contributed by atoms with van der Waals surface area (Å²) in [5.41, 5.74) is 2.36. The van der Waals surface area contributed by atoms with Gasteiger partial charge in [-0.15, -0.1) is 0 Å². The van der Waals surface area contributed by atoms with Crippen LogP contribution in [0, 0.1) is 0 Å². The molecular weight excluding hydrogens is 262 g/mol. The van der Waals surface area contributed by atoms with Crippen molar-refractivity contribution < 1.29 is 4.52 Å². The molecule has 2 heterocycles. The molecule has 0 bridgehead atoms. The zero-order valence-electron chi connectivity index (χ0n) is 12.9. The minimum Gasteiger partial charge on any atom is -0.338 e. The standard InChI is InChI=1S/C17H23N3O/c1-3-13-6-8-14(9-7-13)15-19-16(21-20-15)17(4-2)10-5-11-18-12-17/h6-9,18H,3-5,10-12H2,1-2H3. The molecule has 0 saturated carbocycles. The highest BCUT2D eigenvalue weighted by molar-refractivity contribution is 5.54. The Labute approximate surface area is 126 Å². The fourth-order valence-electron chi connectivity index (χ4n) is 3.05. The van der Waals surface area contributed by atoms with E-state index in [1.807, 2.05) is 0 Å². The molecule has 1 N–H and O–H groups in total. The minimum atomic E-state index is 0.00680. The van der Waals surface area contributed by atoms with Crippen molar-refractivity contribution in [1.82, 2.24) is 15.5 Å². The molecule has 1 aromatic carbocycles. The number of nitrogens with one attached hydrogen (secondary N) is 1. The van der Waals surface area contributed by atoms with Crippen LogP contribution in [0.3, 0.4) is 0 Å². The van der Waals surface area contributed by atoms with Gasteiger partial charge in [0.25, 0.3) is 0 Å². The van der Waals surface area contributed by atoms with Gasteiger partial charge in [-0.3, -0.25) is 0 Å². The van der Waals surface area contributed by atoms with E-state index in [4.69, 9.17) is 4.52 Å². The van der Waals surface area contributed by atoms with Crippen molar-refractivity contribution in [2.24, 2.45) is 0 Å². The Morgan fingerprint density at radius 3 is 2.67 bits per heavy atom. The summed E-state index contributed by atoms with van der Waals surface area (Å²) in [6.07, 6.45) is 4.35. The SMILES string of the molecule is CCc1ccc(-c2noc(C3(CC)CCCNC3)n2)cc1. The highest BCUT2D eigenvalue weighted by atomic mass is 16.5. The number of piperidine rings is 1. The molecule has 112 valence electrons. The van der Waals surface area contributed by atoms with Crippen LogP contribution in [-0.2, 0) is 11.8 Å². The van der Waals surface area contributed by atoms with Crippen LogP contribution >= 0.6 is 0 Å². The predicted molar refractivity (Wildman–Crippen MR) is 83.2 cm³/mol. The number of aryl methyl sites for hydroxylation is 1. The van der Waals surface area contributed by atoms with Gasteiger partial charge in [0.2, 0.25) is 11.7 Å². The van der Waals surface area contributed by atoms with E-state index in [0.29, 0.717) is 5.82 Å². The first kappa shape index (κ1) is 14.3. The molecule has 1 fully saturated rings. The van der Waals surface area contributed by atoms with Gasteiger partial charge in [-0.1, -0.05) is 43.3 Å². The zero-order chi connectivity index (χ0) is 14.7. The number of hydrogen-bond donors (Lipinski definition) is 1. The molecule has 0 aliphatic carbocycles. The van der Waals surface area contributed by atoms with Crippen molar-refractivity contribution in [1.29, 1.82) is 0 Å². The summed E-state index contributed by atoms with van der Waals surface area (Å²) in [6.45, 7) is 6.37. The molecule has 2 aromatic rings. The molecule has 21 heavy (non-hydrogen) atoms. The van der Waals surface area contributed by atoms with Crippen molar-refractivity contribution in [3.8, 4) is 11.4 Å². The maximum atomic E-state index is 5.61. The Morgan fingerprint density at radius 2 is 2.05 bits per heavy atom. The van der Waals surface area contributed by atoms with Crippen molar-refractivity contribution in [3.05, 3.63) is 35.7 Å². The van der Waals surface area contributed by atoms with Crippen LogP contribution < -0.4 is 5.32 Å². The van der Waals surface area contributed by atoms with E-state index >= 15 is 0 Å². The third-order valence-electron chi connectivity index (χ3n) is 4.65. The maximum Gasteiger partial charge on any atom is 0.234 e. The fraction of sp³-hybridized carbons (Fsp3) is 0.529. The lowest BCUT2D eigenvalue weighted by Gasteiger charge is -2.33. The number of nitrogens with zero attached hydrogens (tertiary/aromatic N) is 2. The van der Waals surface area contributed by atoms with E-state index in [1.165, 1.54) is 5.56 Å². The van der Waals surface area contributed by atoms with E-state index in [0.717, 1.165) is 50.2 Å². The van der Waals surface area contributed by atoms with E-state index in [2.05, 4.69) is 53.6 Å². The Hall–Kier alpha value is -1.68. The molecular formula is C17H23N3O. The lowest BCUT2D eigenvalue weighted by molar-refractivity contribution is 0.221. The van der Waals surface area contributed by atoms with Crippen molar-refractivity contribution >= 4 is 0 Å². The summed E-state index contributed by atoms with van der Waals surface area (Å²) in [4.78, 5) is 4.68. The van der Waals surface area contributed by atoms with Crippen LogP contribution in [0.25, 0.3) is 11.4 Å². The van der Waals surface area contributed by atoms with E-state index in [9.17, 15) is 0 Å². The topological polar surface area (TPSA) is 51.0 Å². The van der Waals surface area contributed by atoms with Gasteiger partial charge in [-0.05, 0) is 37.8 Å². The maximum absolute atomic E-state index is 5.61. The minimum absolute atomic E-state index is 0.00680. The monoisotopic (exact) mass is 285 g/mol. The van der Waals surface area contributed by atoms with Crippen molar-refractivity contribution in [2.75, 3.05) is 13.1 Å². The van der Waals surface area contributed by atoms with Crippen molar-refractivity contribution in [3.63, 3.8) is 0 Å². The van der Waals surface area contributed by atoms with Gasteiger partial charge in [0.05, 0.1) is 5.41 Å². The summed E-state index contributed by atoms with van der Waals surface area (Å²) in [5.74, 6) is 1.48. The second kappa shape index (κ2) is 5.98. The lowest BCUT2D eigenvalue weighted by Crippen LogP contribution is -2.43. The Morgan fingerprint density at radius 1 is 1.24 bits per heavy atom. The average Bonchev–Trinajstić information content (AvgIpc) is 3.06. The molecule has 0 spiro atoms. The number of rotatable bonds is 4. The van der Waals surface area contributed by atoms with Crippen LogP contribution in [0.15, 0.2) is 28.8 Å². The highest BCUT2D eigenvalue weighted by Gasteiger charge is 2.37. The molecule has 1 saturated heterocycles. The number of benzene rings is 1. The third-order valence-corrected chi connectivity index (χ3v) is 4.65. The molecule has 0 radical (unpaired) electrons. The molecule has 1 aliphatic rings. The molecule has 3 rings (SSSR count). The first-order chi connectivity index (χ1) is 10.3. The van der Waals surface area contributed by atoms with Crippen LogP contribution in [0.4, 0.5) is 0 Å². The summed E-state index contributed by atoms with van der Waals surface area (Å²) >= 11 is 0. The molecule has 0 amide bonds. The fourth-order valence-corrected chi connectivity index (χ4v) is 3.05. The number of hydrogen-bond acceptors (Lipinski definition) is 4. The highest BCUT2D eigenvalue weighted by Crippen LogP contribution is 2.34. The zero-order valence-corrected chi connectivity index (χ0v) is 12.9. The van der Waals surface area contributed by atoms with Gasteiger partial charge in [-0.2, -0.15) is 4.98 Å². The molecule has 1 aromatic heterocycles. The van der Waals surface area contributed by atoms with Gasteiger partial charge in [0.1, 0.15) is 0 Å². The van der Waals surface area contributed by atoms with Gasteiger partial charge in [0, 0.05) is 12.1 Å². The van der Waals surface area contributed by atoms with Crippen LogP contribution in [0.1, 0.15) is 44.6 Å². The van der Waals surface area contributed by atoms with Gasteiger partial charge in [0.15, 0.2) is 0 Å². The summed E-state index contributed by atoms with van der Waals surface area (Å²) in [6, 6.07) is 8.41. The molecule has 1 atom stereocenters. The lowest BCUT2D eigenvalue weighted by atomic mass is 9.78. The quantitative estimate of drug-likeness (QED) is 0.936. The predicted octanol–water partition coefficient (Wildman–Crippen LogP) is 3.33. The van der Waals surface area contributed by atoms with E-state index in [1.54, 1.807) is 0 Å². The van der Waals surface area contributed by atoms with E-state index in [-0.39, 0.29) is 5.41 Å². The largest absolute Gasteiger partial charge is 0.338 e. The normalized spacial score (nSPS) is 22.4. The summed E-state index contributed by atoms with van der Waals surface area (Å²) < 4.78 is 5.61. The van der Waals surface area contributed by atoms with Crippen LogP contribution in [-0.4, -0.2) is 23.2 Å². The molecule has 4 heteroatoms. The molecule has 1 unspecified atom stereocenters. The third kappa shape index (κ3) is 2.72. The Balaban J connectivity index is 1.87. The smallest absolute Gasteiger partial charge is 0.234 e. The first-order valence-corrected chi connectivity index (χ1v) is 7.91. The summed E-state index contributed by atoms with van der Waals surface area (Å²) in [7, 11) is 0. The Bertz CT molecular complexity index is 582. The molecule has 4 nitrogen and oxygen atoms in total. The number of aromatic nitrogens is 2. The molecule has 1 aliphatic heterocycles. The van der Waals surface area contributed by atoms with E-state index < -0.39 is 0 Å². The van der Waals surface area contributed by atoms with Gasteiger partial charge in [-0.25, -0.2) is 0 Å². The van der Waals surface area contributed by atoms with Gasteiger partial charge >= 0.3 is 0 Å². The van der Waals surface area contributed by atoms with Crippen LogP contribution in [0.2, 0.25) is 0 Å². The second-order valence-electron chi connectivity index (χ2n) is 5.89. The average molecular weight is 285 g/mol. The second-order valence-corrected chi connectivity index (χ2v) is 5.89. The first-order valence-electron chi connectivity index (χ1n) is 7.91.